The van der Waals surface area contributed by atoms with Gasteiger partial charge in [0.2, 0.25) is 0 Å². The molecule has 1 aromatic rings. The lowest BCUT2D eigenvalue weighted by molar-refractivity contribution is 0.319. The first-order chi connectivity index (χ1) is 9.19. The van der Waals surface area contributed by atoms with Gasteiger partial charge in [0.05, 0.1) is 12.3 Å². The molecule has 0 saturated heterocycles. The summed E-state index contributed by atoms with van der Waals surface area (Å²) in [6.07, 6.45) is 7.19. The molecule has 0 aromatic heterocycles. The number of benzene rings is 1. The molecule has 0 atom stereocenters. The first-order valence-corrected chi connectivity index (χ1v) is 8.23. The van der Waals surface area contributed by atoms with E-state index in [1.165, 1.54) is 19.3 Å². The zero-order valence-electron chi connectivity index (χ0n) is 11.9. The van der Waals surface area contributed by atoms with Crippen LogP contribution in [0.3, 0.4) is 0 Å². The van der Waals surface area contributed by atoms with Gasteiger partial charge in [0.1, 0.15) is 5.75 Å². The van der Waals surface area contributed by atoms with Crippen LogP contribution in [0.4, 0.5) is 11.4 Å². The van der Waals surface area contributed by atoms with Gasteiger partial charge in [0.15, 0.2) is 0 Å². The minimum absolute atomic E-state index is 0.436. The molecule has 19 heavy (non-hydrogen) atoms. The molecule has 1 aliphatic carbocycles. The van der Waals surface area contributed by atoms with Crippen molar-refractivity contribution >= 4 is 23.1 Å². The average molecular weight is 280 g/mol. The third kappa shape index (κ3) is 3.50. The maximum absolute atomic E-state index is 5.92. The van der Waals surface area contributed by atoms with Crippen molar-refractivity contribution in [1.82, 2.24) is 0 Å². The molecule has 1 aromatic carbocycles. The molecule has 0 bridgehead atoms. The Hall–Kier alpha value is -1.03. The number of rotatable bonds is 7. The largest absolute Gasteiger partial charge is 0.491 e. The molecule has 0 amide bonds. The molecule has 0 spiro atoms. The highest BCUT2D eigenvalue weighted by Crippen LogP contribution is 2.42. The highest BCUT2D eigenvalue weighted by atomic mass is 32.2. The van der Waals surface area contributed by atoms with Crippen LogP contribution >= 0.6 is 11.8 Å². The Morgan fingerprint density at radius 3 is 2.79 bits per heavy atom. The number of anilines is 2. The minimum Gasteiger partial charge on any atom is -0.491 e. The summed E-state index contributed by atoms with van der Waals surface area (Å²) >= 11 is 1.98. The van der Waals surface area contributed by atoms with E-state index in [1.807, 2.05) is 30.0 Å². The zero-order valence-corrected chi connectivity index (χ0v) is 12.7. The predicted molar refractivity (Wildman–Crippen MR) is 85.2 cm³/mol. The molecule has 0 radical (unpaired) electrons. The van der Waals surface area contributed by atoms with Crippen molar-refractivity contribution in [2.45, 2.75) is 37.4 Å². The van der Waals surface area contributed by atoms with E-state index in [2.05, 4.69) is 18.5 Å². The summed E-state index contributed by atoms with van der Waals surface area (Å²) in [7, 11) is 0. The number of nitrogen functional groups attached to an aromatic ring is 1. The molecule has 0 heterocycles. The number of thioether (sulfide) groups is 1. The van der Waals surface area contributed by atoms with Crippen molar-refractivity contribution in [2.24, 2.45) is 0 Å². The summed E-state index contributed by atoms with van der Waals surface area (Å²) in [5, 5.41) is 3.53. The van der Waals surface area contributed by atoms with Crippen LogP contribution in [0.2, 0.25) is 0 Å². The highest BCUT2D eigenvalue weighted by molar-refractivity contribution is 8.00. The minimum atomic E-state index is 0.436. The van der Waals surface area contributed by atoms with E-state index in [0.717, 1.165) is 24.4 Å². The molecule has 4 heteroatoms. The topological polar surface area (TPSA) is 47.3 Å². The maximum Gasteiger partial charge on any atom is 0.144 e. The predicted octanol–water partition coefficient (Wildman–Crippen LogP) is 3.76. The molecule has 1 fully saturated rings. The second kappa shape index (κ2) is 6.42. The highest BCUT2D eigenvalue weighted by Gasteiger charge is 2.35. The summed E-state index contributed by atoms with van der Waals surface area (Å²) in [5.74, 6) is 0.790. The molecule has 0 unspecified atom stereocenters. The fourth-order valence-electron chi connectivity index (χ4n) is 2.27. The molecule has 1 aliphatic rings. The SMILES string of the molecule is CCCOc1cc(NCC2(SC)CCC2)ccc1N. The van der Waals surface area contributed by atoms with Crippen LogP contribution in [0.15, 0.2) is 18.2 Å². The number of hydrogen-bond donors (Lipinski definition) is 2. The third-order valence-corrected chi connectivity index (χ3v) is 5.21. The standard InChI is InChI=1S/C15H24N2OS/c1-3-9-18-14-10-12(5-6-13(14)16)17-11-15(19-2)7-4-8-15/h5-6,10,17H,3-4,7-9,11,16H2,1-2H3. The lowest BCUT2D eigenvalue weighted by Crippen LogP contribution is -2.40. The fourth-order valence-corrected chi connectivity index (χ4v) is 3.18. The van der Waals surface area contributed by atoms with Gasteiger partial charge in [-0.05, 0) is 37.7 Å². The van der Waals surface area contributed by atoms with Crippen molar-refractivity contribution in [1.29, 1.82) is 0 Å². The molecular formula is C15H24N2OS. The van der Waals surface area contributed by atoms with E-state index < -0.39 is 0 Å². The Bertz CT molecular complexity index is 413. The quantitative estimate of drug-likeness (QED) is 0.747. The number of nitrogens with one attached hydrogen (secondary N) is 1. The molecule has 0 aliphatic heterocycles. The van der Waals surface area contributed by atoms with Crippen molar-refractivity contribution in [3.05, 3.63) is 18.2 Å². The monoisotopic (exact) mass is 280 g/mol. The zero-order chi connectivity index (χ0) is 13.7. The van der Waals surface area contributed by atoms with Crippen molar-refractivity contribution in [2.75, 3.05) is 30.5 Å². The Balaban J connectivity index is 1.96. The number of ether oxygens (including phenoxy) is 1. The average Bonchev–Trinajstić information content (AvgIpc) is 2.38. The summed E-state index contributed by atoms with van der Waals surface area (Å²) in [5.41, 5.74) is 7.73. The van der Waals surface area contributed by atoms with Crippen LogP contribution in [-0.2, 0) is 0 Å². The van der Waals surface area contributed by atoms with Gasteiger partial charge in [0, 0.05) is 23.0 Å². The molecular weight excluding hydrogens is 256 g/mol. The summed E-state index contributed by atoms with van der Waals surface area (Å²) < 4.78 is 6.09. The van der Waals surface area contributed by atoms with E-state index in [-0.39, 0.29) is 0 Å². The Morgan fingerprint density at radius 2 is 2.21 bits per heavy atom. The lowest BCUT2D eigenvalue weighted by Gasteiger charge is -2.40. The second-order valence-electron chi connectivity index (χ2n) is 5.20. The first-order valence-electron chi connectivity index (χ1n) is 7.00. The van der Waals surface area contributed by atoms with Gasteiger partial charge >= 0.3 is 0 Å². The molecule has 3 nitrogen and oxygen atoms in total. The summed E-state index contributed by atoms with van der Waals surface area (Å²) in [4.78, 5) is 0. The van der Waals surface area contributed by atoms with Gasteiger partial charge in [-0.1, -0.05) is 13.3 Å². The van der Waals surface area contributed by atoms with Crippen molar-refractivity contribution < 1.29 is 4.74 Å². The van der Waals surface area contributed by atoms with Crippen molar-refractivity contribution in [3.8, 4) is 5.75 Å². The van der Waals surface area contributed by atoms with Crippen LogP contribution in [0.1, 0.15) is 32.6 Å². The van der Waals surface area contributed by atoms with Gasteiger partial charge in [0.25, 0.3) is 0 Å². The van der Waals surface area contributed by atoms with E-state index in [9.17, 15) is 0 Å². The third-order valence-electron chi connectivity index (χ3n) is 3.79. The van der Waals surface area contributed by atoms with Crippen LogP contribution in [0, 0.1) is 0 Å². The molecule has 106 valence electrons. The van der Waals surface area contributed by atoms with Gasteiger partial charge in [-0.15, -0.1) is 0 Å². The molecule has 1 saturated carbocycles. The Morgan fingerprint density at radius 1 is 1.42 bits per heavy atom. The van der Waals surface area contributed by atoms with E-state index in [1.54, 1.807) is 0 Å². The van der Waals surface area contributed by atoms with E-state index >= 15 is 0 Å². The summed E-state index contributed by atoms with van der Waals surface area (Å²) in [6, 6.07) is 5.96. The van der Waals surface area contributed by atoms with Crippen LogP contribution in [0.25, 0.3) is 0 Å². The van der Waals surface area contributed by atoms with Gasteiger partial charge < -0.3 is 15.8 Å². The second-order valence-corrected chi connectivity index (χ2v) is 6.47. The Kier molecular flexibility index (Phi) is 4.86. The lowest BCUT2D eigenvalue weighted by atomic mass is 9.84. The number of nitrogens with two attached hydrogens (primary N) is 1. The molecule has 3 N–H and O–H groups in total. The summed E-state index contributed by atoms with van der Waals surface area (Å²) in [6.45, 7) is 3.82. The maximum atomic E-state index is 5.92. The van der Waals surface area contributed by atoms with Gasteiger partial charge in [-0.2, -0.15) is 11.8 Å². The Labute approximate surface area is 120 Å². The number of hydrogen-bond acceptors (Lipinski definition) is 4. The van der Waals surface area contributed by atoms with Crippen molar-refractivity contribution in [3.63, 3.8) is 0 Å². The first kappa shape index (κ1) is 14.4. The van der Waals surface area contributed by atoms with Gasteiger partial charge in [-0.25, -0.2) is 0 Å². The van der Waals surface area contributed by atoms with Crippen LogP contribution in [0.5, 0.6) is 5.75 Å². The fraction of sp³-hybridized carbons (Fsp3) is 0.600. The smallest absolute Gasteiger partial charge is 0.144 e. The van der Waals surface area contributed by atoms with E-state index in [0.29, 0.717) is 17.0 Å². The van der Waals surface area contributed by atoms with Crippen LogP contribution in [-0.4, -0.2) is 24.2 Å². The normalized spacial score (nSPS) is 16.7. The van der Waals surface area contributed by atoms with Gasteiger partial charge in [-0.3, -0.25) is 0 Å². The van der Waals surface area contributed by atoms with E-state index in [4.69, 9.17) is 10.5 Å². The van der Waals surface area contributed by atoms with Crippen LogP contribution < -0.4 is 15.8 Å². The molecule has 2 rings (SSSR count).